The summed E-state index contributed by atoms with van der Waals surface area (Å²) < 4.78 is 23.5. The molecule has 3 N–H and O–H groups in total. The molecule has 1 fully saturated rings. The molecule has 0 aromatic heterocycles. The first-order valence-electron chi connectivity index (χ1n) is 5.93. The van der Waals surface area contributed by atoms with E-state index in [1.54, 1.807) is 13.0 Å². The lowest BCUT2D eigenvalue weighted by molar-refractivity contribution is 0.0916. The maximum absolute atomic E-state index is 12.1. The number of halogens is 1. The van der Waals surface area contributed by atoms with E-state index in [9.17, 15) is 13.2 Å². The van der Waals surface area contributed by atoms with Crippen LogP contribution in [0.2, 0.25) is 0 Å². The first-order chi connectivity index (χ1) is 8.79. The van der Waals surface area contributed by atoms with E-state index in [2.05, 4.69) is 21.2 Å². The first-order valence-corrected chi connectivity index (χ1v) is 8.27. The van der Waals surface area contributed by atoms with Crippen LogP contribution in [0.15, 0.2) is 21.5 Å². The van der Waals surface area contributed by atoms with Crippen molar-refractivity contribution in [2.24, 2.45) is 5.14 Å². The molecule has 0 spiro atoms. The topological polar surface area (TPSA) is 89.3 Å². The molecule has 7 heteroatoms. The largest absolute Gasteiger partial charge is 0.349 e. The summed E-state index contributed by atoms with van der Waals surface area (Å²) in [6, 6.07) is 3.21. The van der Waals surface area contributed by atoms with Crippen molar-refractivity contribution in [2.75, 3.05) is 0 Å². The Morgan fingerprint density at radius 3 is 2.53 bits per heavy atom. The molecule has 1 aromatic carbocycles. The Kier molecular flexibility index (Phi) is 3.98. The fraction of sp³-hybridized carbons (Fsp3) is 0.417. The van der Waals surface area contributed by atoms with Crippen molar-refractivity contribution < 1.29 is 13.2 Å². The second-order valence-electron chi connectivity index (χ2n) is 4.72. The minimum absolute atomic E-state index is 0.0272. The maximum Gasteiger partial charge on any atom is 0.251 e. The molecular formula is C12H15BrN2O3S. The molecule has 2 rings (SSSR count). The average Bonchev–Trinajstić information content (AvgIpc) is 2.24. The molecule has 1 aliphatic carbocycles. The van der Waals surface area contributed by atoms with E-state index in [4.69, 9.17) is 5.14 Å². The molecule has 0 heterocycles. The molecule has 5 nitrogen and oxygen atoms in total. The Balaban J connectivity index is 2.39. The number of primary sulfonamides is 1. The lowest BCUT2D eigenvalue weighted by Crippen LogP contribution is -2.39. The molecule has 1 amide bonds. The minimum atomic E-state index is -3.84. The number of nitrogens with two attached hydrogens (primary N) is 1. The lowest BCUT2D eigenvalue weighted by Gasteiger charge is -2.26. The second-order valence-corrected chi connectivity index (χ2v) is 7.17. The highest BCUT2D eigenvalue weighted by atomic mass is 79.9. The van der Waals surface area contributed by atoms with Gasteiger partial charge >= 0.3 is 0 Å². The number of benzene rings is 1. The number of carbonyl (C=O) groups excluding carboxylic acids is 1. The highest BCUT2D eigenvalue weighted by Gasteiger charge is 2.23. The Labute approximate surface area is 120 Å². The molecule has 0 radical (unpaired) electrons. The Hall–Kier alpha value is -0.920. The van der Waals surface area contributed by atoms with E-state index in [1.165, 1.54) is 6.07 Å². The summed E-state index contributed by atoms with van der Waals surface area (Å²) in [4.78, 5) is 12.1. The van der Waals surface area contributed by atoms with Crippen molar-refractivity contribution in [3.63, 3.8) is 0 Å². The van der Waals surface area contributed by atoms with Crippen molar-refractivity contribution >= 4 is 31.9 Å². The van der Waals surface area contributed by atoms with Crippen LogP contribution < -0.4 is 10.5 Å². The third kappa shape index (κ3) is 3.16. The number of hydrogen-bond donors (Lipinski definition) is 2. The number of nitrogens with one attached hydrogen (secondary N) is 1. The van der Waals surface area contributed by atoms with Crippen LogP contribution in [0.3, 0.4) is 0 Å². The van der Waals surface area contributed by atoms with Crippen LogP contribution >= 0.6 is 15.9 Å². The van der Waals surface area contributed by atoms with Gasteiger partial charge in [0.15, 0.2) is 0 Å². The summed E-state index contributed by atoms with van der Waals surface area (Å²) >= 11 is 3.21. The van der Waals surface area contributed by atoms with Gasteiger partial charge in [-0.2, -0.15) is 0 Å². The normalized spacial score (nSPS) is 15.9. The van der Waals surface area contributed by atoms with Crippen molar-refractivity contribution in [2.45, 2.75) is 37.1 Å². The Morgan fingerprint density at radius 2 is 2.05 bits per heavy atom. The molecule has 1 aromatic rings. The summed E-state index contributed by atoms with van der Waals surface area (Å²) in [5.41, 5.74) is 0.716. The molecule has 0 saturated heterocycles. The van der Waals surface area contributed by atoms with E-state index in [-0.39, 0.29) is 16.8 Å². The van der Waals surface area contributed by atoms with E-state index in [0.29, 0.717) is 15.6 Å². The van der Waals surface area contributed by atoms with Gasteiger partial charge < -0.3 is 5.32 Å². The number of rotatable bonds is 3. The van der Waals surface area contributed by atoms with Gasteiger partial charge in [-0.1, -0.05) is 15.9 Å². The van der Waals surface area contributed by atoms with Gasteiger partial charge in [-0.15, -0.1) is 0 Å². The monoisotopic (exact) mass is 346 g/mol. The van der Waals surface area contributed by atoms with E-state index in [0.717, 1.165) is 19.3 Å². The number of amides is 1. The number of sulfonamides is 1. The zero-order valence-corrected chi connectivity index (χ0v) is 12.8. The quantitative estimate of drug-likeness (QED) is 0.872. The van der Waals surface area contributed by atoms with E-state index >= 15 is 0 Å². The molecule has 0 bridgehead atoms. The van der Waals surface area contributed by atoms with Crippen molar-refractivity contribution in [3.05, 3.63) is 27.7 Å². The van der Waals surface area contributed by atoms with Gasteiger partial charge in [-0.05, 0) is 43.9 Å². The molecule has 104 valence electrons. The molecule has 0 unspecified atom stereocenters. The zero-order valence-electron chi connectivity index (χ0n) is 10.4. The average molecular weight is 347 g/mol. The van der Waals surface area contributed by atoms with Gasteiger partial charge in [-0.3, -0.25) is 4.79 Å². The van der Waals surface area contributed by atoms with Gasteiger partial charge in [0.1, 0.15) is 0 Å². The predicted molar refractivity (Wildman–Crippen MR) is 75.4 cm³/mol. The van der Waals surface area contributed by atoms with Crippen LogP contribution in [0.4, 0.5) is 0 Å². The van der Waals surface area contributed by atoms with E-state index < -0.39 is 10.0 Å². The highest BCUT2D eigenvalue weighted by molar-refractivity contribution is 9.10. The van der Waals surface area contributed by atoms with Crippen molar-refractivity contribution in [1.82, 2.24) is 5.32 Å². The van der Waals surface area contributed by atoms with Gasteiger partial charge in [0.2, 0.25) is 10.0 Å². The van der Waals surface area contributed by atoms with E-state index in [1.807, 2.05) is 0 Å². The Bertz CT molecular complexity index is 624. The maximum atomic E-state index is 12.1. The second kappa shape index (κ2) is 5.22. The first kappa shape index (κ1) is 14.5. The predicted octanol–water partition coefficient (Wildman–Crippen LogP) is 1.69. The van der Waals surface area contributed by atoms with Crippen LogP contribution in [0.1, 0.15) is 35.2 Å². The van der Waals surface area contributed by atoms with Crippen LogP contribution in [-0.4, -0.2) is 20.4 Å². The molecule has 0 atom stereocenters. The number of hydrogen-bond acceptors (Lipinski definition) is 3. The molecule has 0 aliphatic heterocycles. The standard InChI is InChI=1S/C12H15BrN2O3S/c1-7-10(12(16)15-9-3-2-4-9)5-8(13)6-11(7)19(14,17)18/h5-6,9H,2-4H2,1H3,(H,15,16)(H2,14,17,18). The zero-order chi connectivity index (χ0) is 14.2. The summed E-state index contributed by atoms with van der Waals surface area (Å²) in [7, 11) is -3.84. The summed E-state index contributed by atoms with van der Waals surface area (Å²) in [6.45, 7) is 1.59. The van der Waals surface area contributed by atoms with Crippen molar-refractivity contribution in [3.8, 4) is 0 Å². The fourth-order valence-corrected chi connectivity index (χ4v) is 3.44. The lowest BCUT2D eigenvalue weighted by atomic mass is 9.92. The molecule has 1 saturated carbocycles. The van der Waals surface area contributed by atoms with Crippen molar-refractivity contribution in [1.29, 1.82) is 0 Å². The highest BCUT2D eigenvalue weighted by Crippen LogP contribution is 2.25. The fourth-order valence-electron chi connectivity index (χ4n) is 2.00. The minimum Gasteiger partial charge on any atom is -0.349 e. The molecule has 1 aliphatic rings. The summed E-state index contributed by atoms with van der Waals surface area (Å²) in [5.74, 6) is -0.256. The molecule has 19 heavy (non-hydrogen) atoms. The van der Waals surface area contributed by atoms with Crippen LogP contribution in [-0.2, 0) is 10.0 Å². The van der Waals surface area contributed by atoms with Gasteiger partial charge in [0, 0.05) is 16.1 Å². The van der Waals surface area contributed by atoms with Crippen LogP contribution in [0.25, 0.3) is 0 Å². The van der Waals surface area contributed by atoms with Gasteiger partial charge in [0.05, 0.1) is 4.90 Å². The van der Waals surface area contributed by atoms with Gasteiger partial charge in [-0.25, -0.2) is 13.6 Å². The molecular weight excluding hydrogens is 332 g/mol. The number of carbonyl (C=O) groups is 1. The third-order valence-corrected chi connectivity index (χ3v) is 4.81. The summed E-state index contributed by atoms with van der Waals surface area (Å²) in [5, 5.41) is 8.04. The third-order valence-electron chi connectivity index (χ3n) is 3.32. The summed E-state index contributed by atoms with van der Waals surface area (Å²) in [6.07, 6.45) is 3.06. The Morgan fingerprint density at radius 1 is 1.42 bits per heavy atom. The van der Waals surface area contributed by atoms with Crippen LogP contribution in [0.5, 0.6) is 0 Å². The smallest absolute Gasteiger partial charge is 0.251 e. The SMILES string of the molecule is Cc1c(C(=O)NC2CCC2)cc(Br)cc1S(N)(=O)=O. The van der Waals surface area contributed by atoms with Gasteiger partial charge in [0.25, 0.3) is 5.91 Å². The van der Waals surface area contributed by atoms with Crippen LogP contribution in [0, 0.1) is 6.92 Å².